The Labute approximate surface area is 95.1 Å². The van der Waals surface area contributed by atoms with Gasteiger partial charge >= 0.3 is 0 Å². The van der Waals surface area contributed by atoms with Gasteiger partial charge in [0.25, 0.3) is 0 Å². The van der Waals surface area contributed by atoms with E-state index in [9.17, 15) is 5.11 Å². The predicted molar refractivity (Wildman–Crippen MR) is 58.7 cm³/mol. The van der Waals surface area contributed by atoms with Gasteiger partial charge in [0.1, 0.15) is 0 Å². The number of hydrogen-bond acceptors (Lipinski definition) is 3. The van der Waals surface area contributed by atoms with Gasteiger partial charge in [-0.1, -0.05) is 0 Å². The zero-order valence-electron chi connectivity index (χ0n) is 8.02. The molecule has 2 aromatic heterocycles. The molecular weight excluding hydrogens is 258 g/mol. The van der Waals surface area contributed by atoms with E-state index in [1.807, 2.05) is 18.3 Å². The Kier molecular flexibility index (Phi) is 1.87. The maximum Gasteiger partial charge on any atom is 0.160 e. The summed E-state index contributed by atoms with van der Waals surface area (Å²) in [7, 11) is 0. The predicted octanol–water partition coefficient (Wildman–Crippen LogP) is 1.52. The van der Waals surface area contributed by atoms with Crippen molar-refractivity contribution in [1.82, 2.24) is 14.6 Å². The van der Waals surface area contributed by atoms with Crippen molar-refractivity contribution in [3.63, 3.8) is 0 Å². The van der Waals surface area contributed by atoms with Crippen LogP contribution in [-0.2, 0) is 5.41 Å². The van der Waals surface area contributed by atoms with Crippen LogP contribution in [0.25, 0.3) is 5.65 Å². The van der Waals surface area contributed by atoms with Gasteiger partial charge in [0.2, 0.25) is 0 Å². The van der Waals surface area contributed by atoms with Crippen molar-refractivity contribution in [3.8, 4) is 0 Å². The average molecular weight is 268 g/mol. The number of nitrogens with zero attached hydrogens (tertiary/aromatic N) is 3. The molecule has 2 aromatic rings. The van der Waals surface area contributed by atoms with Gasteiger partial charge in [0, 0.05) is 10.7 Å². The van der Waals surface area contributed by atoms with Crippen molar-refractivity contribution in [2.24, 2.45) is 0 Å². The zero-order valence-corrected chi connectivity index (χ0v) is 9.61. The molecule has 3 rings (SSSR count). The molecule has 0 aromatic carbocycles. The average Bonchev–Trinajstić information content (AvgIpc) is 2.93. The molecule has 78 valence electrons. The smallest absolute Gasteiger partial charge is 0.160 e. The second kappa shape index (κ2) is 3.02. The lowest BCUT2D eigenvalue weighted by molar-refractivity contribution is 0.250. The fourth-order valence-corrected chi connectivity index (χ4v) is 2.01. The topological polar surface area (TPSA) is 50.4 Å². The van der Waals surface area contributed by atoms with Gasteiger partial charge in [0.05, 0.1) is 12.0 Å². The van der Waals surface area contributed by atoms with Crippen LogP contribution in [0.2, 0.25) is 0 Å². The summed E-state index contributed by atoms with van der Waals surface area (Å²) in [6, 6.07) is 3.85. The van der Waals surface area contributed by atoms with Crippen molar-refractivity contribution in [2.45, 2.75) is 18.3 Å². The second-order valence-electron chi connectivity index (χ2n) is 4.02. The monoisotopic (exact) mass is 267 g/mol. The molecule has 2 heterocycles. The summed E-state index contributed by atoms with van der Waals surface area (Å²) in [6.07, 6.45) is 3.85. The molecule has 0 aliphatic heterocycles. The Balaban J connectivity index is 2.14. The van der Waals surface area contributed by atoms with Crippen LogP contribution >= 0.6 is 15.9 Å². The fourth-order valence-electron chi connectivity index (χ4n) is 1.69. The van der Waals surface area contributed by atoms with E-state index in [4.69, 9.17) is 0 Å². The lowest BCUT2D eigenvalue weighted by Crippen LogP contribution is -2.14. The van der Waals surface area contributed by atoms with Gasteiger partial charge in [-0.25, -0.2) is 9.50 Å². The van der Waals surface area contributed by atoms with Crippen LogP contribution in [0.1, 0.15) is 18.7 Å². The number of hydrogen-bond donors (Lipinski definition) is 1. The summed E-state index contributed by atoms with van der Waals surface area (Å²) in [5.74, 6) is 0.767. The molecule has 0 saturated heterocycles. The molecule has 1 saturated carbocycles. The van der Waals surface area contributed by atoms with Crippen LogP contribution in [0.4, 0.5) is 0 Å². The van der Waals surface area contributed by atoms with E-state index in [-0.39, 0.29) is 12.0 Å². The Morgan fingerprint density at radius 1 is 1.47 bits per heavy atom. The second-order valence-corrected chi connectivity index (χ2v) is 4.94. The highest BCUT2D eigenvalue weighted by Crippen LogP contribution is 2.46. The first-order chi connectivity index (χ1) is 7.23. The van der Waals surface area contributed by atoms with E-state index in [0.29, 0.717) is 0 Å². The Hall–Kier alpha value is -0.940. The Bertz CT molecular complexity index is 518. The third-order valence-electron chi connectivity index (χ3n) is 2.93. The van der Waals surface area contributed by atoms with Gasteiger partial charge < -0.3 is 5.11 Å². The van der Waals surface area contributed by atoms with E-state index in [2.05, 4.69) is 26.0 Å². The van der Waals surface area contributed by atoms with Crippen LogP contribution < -0.4 is 0 Å². The molecule has 0 amide bonds. The normalized spacial score (nSPS) is 18.3. The van der Waals surface area contributed by atoms with Gasteiger partial charge in [-0.15, -0.1) is 0 Å². The van der Waals surface area contributed by atoms with E-state index in [0.717, 1.165) is 28.8 Å². The summed E-state index contributed by atoms with van der Waals surface area (Å²) in [4.78, 5) is 4.43. The van der Waals surface area contributed by atoms with Crippen molar-refractivity contribution in [3.05, 3.63) is 28.6 Å². The third-order valence-corrected chi connectivity index (χ3v) is 3.39. The zero-order chi connectivity index (χ0) is 10.5. The Morgan fingerprint density at radius 2 is 2.27 bits per heavy atom. The molecular formula is C10H10BrN3O. The first-order valence-electron chi connectivity index (χ1n) is 4.87. The number of aliphatic hydroxyl groups is 1. The standard InChI is InChI=1S/C10H10BrN3O/c11-7-1-2-8-12-9(13-14(8)5-7)10(6-15)3-4-10/h1-2,5,15H,3-4,6H2. The van der Waals surface area contributed by atoms with Crippen molar-refractivity contribution < 1.29 is 5.11 Å². The molecule has 15 heavy (non-hydrogen) atoms. The summed E-state index contributed by atoms with van der Waals surface area (Å²) in [5, 5.41) is 13.7. The van der Waals surface area contributed by atoms with E-state index in [1.54, 1.807) is 4.52 Å². The largest absolute Gasteiger partial charge is 0.395 e. The molecule has 5 heteroatoms. The summed E-state index contributed by atoms with van der Waals surface area (Å²) in [5.41, 5.74) is 0.673. The number of aromatic nitrogens is 3. The van der Waals surface area contributed by atoms with E-state index >= 15 is 0 Å². The van der Waals surface area contributed by atoms with E-state index in [1.165, 1.54) is 0 Å². The quantitative estimate of drug-likeness (QED) is 0.898. The van der Waals surface area contributed by atoms with Gasteiger partial charge in [-0.3, -0.25) is 0 Å². The molecule has 1 aliphatic carbocycles. The van der Waals surface area contributed by atoms with Crippen LogP contribution in [-0.4, -0.2) is 26.3 Å². The highest BCUT2D eigenvalue weighted by Gasteiger charge is 2.47. The van der Waals surface area contributed by atoms with Gasteiger partial charge in [-0.05, 0) is 40.9 Å². The summed E-state index contributed by atoms with van der Waals surface area (Å²) >= 11 is 3.39. The molecule has 1 fully saturated rings. The molecule has 0 atom stereocenters. The van der Waals surface area contributed by atoms with Crippen molar-refractivity contribution >= 4 is 21.6 Å². The highest BCUT2D eigenvalue weighted by molar-refractivity contribution is 9.10. The lowest BCUT2D eigenvalue weighted by Gasteiger charge is -2.03. The molecule has 0 radical (unpaired) electrons. The minimum atomic E-state index is -0.154. The van der Waals surface area contributed by atoms with Gasteiger partial charge in [-0.2, -0.15) is 5.10 Å². The van der Waals surface area contributed by atoms with Crippen LogP contribution in [0, 0.1) is 0 Å². The molecule has 0 bridgehead atoms. The highest BCUT2D eigenvalue weighted by atomic mass is 79.9. The van der Waals surface area contributed by atoms with E-state index < -0.39 is 0 Å². The maximum absolute atomic E-state index is 9.29. The molecule has 1 aliphatic rings. The molecule has 0 unspecified atom stereocenters. The minimum absolute atomic E-state index is 0.144. The van der Waals surface area contributed by atoms with Crippen LogP contribution in [0.5, 0.6) is 0 Å². The maximum atomic E-state index is 9.29. The van der Waals surface area contributed by atoms with Crippen LogP contribution in [0.3, 0.4) is 0 Å². The van der Waals surface area contributed by atoms with Crippen LogP contribution in [0.15, 0.2) is 22.8 Å². The third kappa shape index (κ3) is 1.38. The number of pyridine rings is 1. The number of rotatable bonds is 2. The molecule has 4 nitrogen and oxygen atoms in total. The summed E-state index contributed by atoms with van der Waals surface area (Å²) < 4.78 is 2.72. The van der Waals surface area contributed by atoms with Crippen molar-refractivity contribution in [1.29, 1.82) is 0 Å². The molecule has 1 N–H and O–H groups in total. The summed E-state index contributed by atoms with van der Waals surface area (Å²) in [6.45, 7) is 0.144. The van der Waals surface area contributed by atoms with Gasteiger partial charge in [0.15, 0.2) is 11.5 Å². The van der Waals surface area contributed by atoms with Crippen molar-refractivity contribution in [2.75, 3.05) is 6.61 Å². The first kappa shape index (κ1) is 9.30. The first-order valence-corrected chi connectivity index (χ1v) is 5.66. The number of aliphatic hydroxyl groups excluding tert-OH is 1. The SMILES string of the molecule is OCC1(c2nc3ccc(Br)cn3n2)CC1. The fraction of sp³-hybridized carbons (Fsp3) is 0.400. The number of halogens is 1. The minimum Gasteiger partial charge on any atom is -0.395 e. The molecule has 0 spiro atoms. The Morgan fingerprint density at radius 3 is 2.93 bits per heavy atom. The number of fused-ring (bicyclic) bond motifs is 1. The lowest BCUT2D eigenvalue weighted by atomic mass is 10.1.